The van der Waals surface area contributed by atoms with Gasteiger partial charge >= 0.3 is 0 Å². The van der Waals surface area contributed by atoms with Crippen molar-refractivity contribution in [2.75, 3.05) is 11.9 Å². The van der Waals surface area contributed by atoms with Crippen molar-refractivity contribution in [3.63, 3.8) is 0 Å². The maximum Gasteiger partial charge on any atom is 0.0398 e. The van der Waals surface area contributed by atoms with Crippen LogP contribution in [0.3, 0.4) is 0 Å². The van der Waals surface area contributed by atoms with E-state index in [2.05, 4.69) is 70.5 Å². The van der Waals surface area contributed by atoms with E-state index >= 15 is 0 Å². The predicted octanol–water partition coefficient (Wildman–Crippen LogP) is 4.68. The lowest BCUT2D eigenvalue weighted by molar-refractivity contribution is 0.708. The van der Waals surface area contributed by atoms with Crippen molar-refractivity contribution in [2.45, 2.75) is 46.6 Å². The van der Waals surface area contributed by atoms with Crippen molar-refractivity contribution in [2.24, 2.45) is 5.92 Å². The fourth-order valence-corrected chi connectivity index (χ4v) is 1.93. The second-order valence-corrected chi connectivity index (χ2v) is 5.65. The average Bonchev–Trinajstić information content (AvgIpc) is 2.35. The third kappa shape index (κ3) is 3.90. The molecule has 0 spiro atoms. The molecule has 0 saturated heterocycles. The molecule has 0 radical (unpaired) electrons. The van der Waals surface area contributed by atoms with Gasteiger partial charge in [-0.05, 0) is 44.2 Å². The number of anilines is 1. The summed E-state index contributed by atoms with van der Waals surface area (Å²) in [5.74, 6) is 0.583. The molecule has 0 fully saturated rings. The first-order valence-electron chi connectivity index (χ1n) is 6.92. The normalized spacial score (nSPS) is 11.1. The van der Waals surface area contributed by atoms with Crippen LogP contribution >= 0.6 is 0 Å². The fourth-order valence-electron chi connectivity index (χ4n) is 1.93. The standard InChI is InChI=1S/C17H27N/c1-13(2)15(5)11-12-16-9-7-8-10-17(16)18(6)14(3)4/h7-10,13-14H,5,11-12H2,1-4,6H3. The molecule has 1 aromatic carbocycles. The zero-order chi connectivity index (χ0) is 13.7. The highest BCUT2D eigenvalue weighted by Gasteiger charge is 2.10. The summed E-state index contributed by atoms with van der Waals surface area (Å²) < 4.78 is 0. The van der Waals surface area contributed by atoms with Crippen LogP contribution in [0.4, 0.5) is 5.69 Å². The fraction of sp³-hybridized carbons (Fsp3) is 0.529. The lowest BCUT2D eigenvalue weighted by atomic mass is 9.96. The minimum absolute atomic E-state index is 0.527. The van der Waals surface area contributed by atoms with Gasteiger partial charge in [-0.25, -0.2) is 0 Å². The molecule has 0 aliphatic heterocycles. The molecule has 0 aromatic heterocycles. The van der Waals surface area contributed by atoms with E-state index in [4.69, 9.17) is 0 Å². The van der Waals surface area contributed by atoms with Gasteiger partial charge < -0.3 is 4.90 Å². The Kier molecular flexibility index (Phi) is 5.46. The van der Waals surface area contributed by atoms with Crippen molar-refractivity contribution < 1.29 is 0 Å². The van der Waals surface area contributed by atoms with Crippen LogP contribution in [-0.2, 0) is 6.42 Å². The molecule has 1 nitrogen and oxygen atoms in total. The average molecular weight is 245 g/mol. The van der Waals surface area contributed by atoms with Crippen LogP contribution in [0.25, 0.3) is 0 Å². The van der Waals surface area contributed by atoms with Gasteiger partial charge in [0.15, 0.2) is 0 Å². The number of nitrogens with zero attached hydrogens (tertiary/aromatic N) is 1. The first-order valence-corrected chi connectivity index (χ1v) is 6.92. The number of para-hydroxylation sites is 1. The molecule has 1 rings (SSSR count). The van der Waals surface area contributed by atoms with Gasteiger partial charge in [-0.3, -0.25) is 0 Å². The summed E-state index contributed by atoms with van der Waals surface area (Å²) in [7, 11) is 2.17. The number of hydrogen-bond donors (Lipinski definition) is 0. The van der Waals surface area contributed by atoms with Gasteiger partial charge in [-0.15, -0.1) is 0 Å². The molecule has 1 aromatic rings. The van der Waals surface area contributed by atoms with Crippen LogP contribution < -0.4 is 4.90 Å². The molecule has 0 unspecified atom stereocenters. The topological polar surface area (TPSA) is 3.24 Å². The number of benzene rings is 1. The van der Waals surface area contributed by atoms with Crippen LogP contribution in [0.15, 0.2) is 36.4 Å². The molecule has 0 N–H and O–H groups in total. The first kappa shape index (κ1) is 14.8. The van der Waals surface area contributed by atoms with Gasteiger partial charge in [0.25, 0.3) is 0 Å². The minimum atomic E-state index is 0.527. The summed E-state index contributed by atoms with van der Waals surface area (Å²) in [6.45, 7) is 13.1. The summed E-state index contributed by atoms with van der Waals surface area (Å²) in [6.07, 6.45) is 2.17. The molecule has 100 valence electrons. The van der Waals surface area contributed by atoms with Gasteiger partial charge in [0.05, 0.1) is 0 Å². The van der Waals surface area contributed by atoms with E-state index in [9.17, 15) is 0 Å². The Hall–Kier alpha value is -1.24. The zero-order valence-electron chi connectivity index (χ0n) is 12.5. The van der Waals surface area contributed by atoms with Crippen molar-refractivity contribution in [1.29, 1.82) is 0 Å². The summed E-state index contributed by atoms with van der Waals surface area (Å²) >= 11 is 0. The van der Waals surface area contributed by atoms with Crippen molar-refractivity contribution in [3.05, 3.63) is 42.0 Å². The van der Waals surface area contributed by atoms with Gasteiger partial charge in [-0.2, -0.15) is 0 Å². The maximum atomic E-state index is 4.17. The minimum Gasteiger partial charge on any atom is -0.372 e. The molecule has 1 heteroatoms. The second-order valence-electron chi connectivity index (χ2n) is 5.65. The van der Waals surface area contributed by atoms with E-state index in [0.717, 1.165) is 12.8 Å². The number of rotatable bonds is 6. The largest absolute Gasteiger partial charge is 0.372 e. The molecular weight excluding hydrogens is 218 g/mol. The third-order valence-electron chi connectivity index (χ3n) is 3.68. The van der Waals surface area contributed by atoms with Gasteiger partial charge in [0.2, 0.25) is 0 Å². The molecule has 0 amide bonds. The molecule has 0 bridgehead atoms. The Bertz CT molecular complexity index is 390. The Labute approximate surface area is 113 Å². The summed E-state index contributed by atoms with van der Waals surface area (Å²) in [5.41, 5.74) is 4.12. The Morgan fingerprint density at radius 1 is 1.17 bits per heavy atom. The smallest absolute Gasteiger partial charge is 0.0398 e. The zero-order valence-corrected chi connectivity index (χ0v) is 12.5. The van der Waals surface area contributed by atoms with Gasteiger partial charge in [0.1, 0.15) is 0 Å². The first-order chi connectivity index (χ1) is 8.43. The second kappa shape index (κ2) is 6.63. The highest BCUT2D eigenvalue weighted by molar-refractivity contribution is 5.53. The van der Waals surface area contributed by atoms with E-state index < -0.39 is 0 Å². The summed E-state index contributed by atoms with van der Waals surface area (Å²) in [4.78, 5) is 2.34. The van der Waals surface area contributed by atoms with E-state index in [1.165, 1.54) is 16.8 Å². The van der Waals surface area contributed by atoms with E-state index in [1.807, 2.05) is 0 Å². The highest BCUT2D eigenvalue weighted by atomic mass is 15.1. The Balaban J connectivity index is 2.80. The summed E-state index contributed by atoms with van der Waals surface area (Å²) in [6, 6.07) is 9.23. The molecule has 0 aliphatic carbocycles. The van der Waals surface area contributed by atoms with Crippen LogP contribution in [-0.4, -0.2) is 13.1 Å². The van der Waals surface area contributed by atoms with Crippen LogP contribution in [0.5, 0.6) is 0 Å². The SMILES string of the molecule is C=C(CCc1ccccc1N(C)C(C)C)C(C)C. The predicted molar refractivity (Wildman–Crippen MR) is 82.3 cm³/mol. The number of allylic oxidation sites excluding steroid dienone is 1. The third-order valence-corrected chi connectivity index (χ3v) is 3.68. The lowest BCUT2D eigenvalue weighted by Gasteiger charge is -2.26. The molecule has 0 saturated carbocycles. The van der Waals surface area contributed by atoms with Gasteiger partial charge in [-0.1, -0.05) is 44.2 Å². The molecular formula is C17H27N. The maximum absolute atomic E-state index is 4.17. The molecule has 0 aliphatic rings. The van der Waals surface area contributed by atoms with E-state index in [-0.39, 0.29) is 0 Å². The molecule has 0 heterocycles. The van der Waals surface area contributed by atoms with Crippen molar-refractivity contribution in [1.82, 2.24) is 0 Å². The quantitative estimate of drug-likeness (QED) is 0.658. The van der Waals surface area contributed by atoms with E-state index in [1.54, 1.807) is 0 Å². The molecule has 0 atom stereocenters. The van der Waals surface area contributed by atoms with Crippen molar-refractivity contribution in [3.8, 4) is 0 Å². The summed E-state index contributed by atoms with van der Waals surface area (Å²) in [5, 5.41) is 0. The van der Waals surface area contributed by atoms with Crippen molar-refractivity contribution >= 4 is 5.69 Å². The van der Waals surface area contributed by atoms with Crippen LogP contribution in [0, 0.1) is 5.92 Å². The highest BCUT2D eigenvalue weighted by Crippen LogP contribution is 2.24. The van der Waals surface area contributed by atoms with Gasteiger partial charge in [0, 0.05) is 18.8 Å². The number of aryl methyl sites for hydroxylation is 1. The molecule has 18 heavy (non-hydrogen) atoms. The monoisotopic (exact) mass is 245 g/mol. The van der Waals surface area contributed by atoms with E-state index in [0.29, 0.717) is 12.0 Å². The lowest BCUT2D eigenvalue weighted by Crippen LogP contribution is -2.26. The Morgan fingerprint density at radius 2 is 1.78 bits per heavy atom. The van der Waals surface area contributed by atoms with Crippen LogP contribution in [0.2, 0.25) is 0 Å². The number of hydrogen-bond acceptors (Lipinski definition) is 1. The van der Waals surface area contributed by atoms with Crippen LogP contribution in [0.1, 0.15) is 39.7 Å². The Morgan fingerprint density at radius 3 is 2.33 bits per heavy atom.